The number of hydrogen-bond acceptors (Lipinski definition) is 2. The van der Waals surface area contributed by atoms with Gasteiger partial charge in [-0.05, 0) is 36.8 Å². The Labute approximate surface area is 88.7 Å². The number of ether oxygens (including phenoxy) is 1. The van der Waals surface area contributed by atoms with Crippen molar-refractivity contribution in [2.75, 3.05) is 6.61 Å². The van der Waals surface area contributed by atoms with Crippen molar-refractivity contribution in [1.29, 1.82) is 0 Å². The standard InChI is InChI=1S/C10H11ClOS/c1-2-12-10(13)7-8-3-5-9(11)6-4-8/h3-6H,2,7H2,1H3. The molecule has 0 spiro atoms. The van der Waals surface area contributed by atoms with E-state index in [1.54, 1.807) is 0 Å². The second-order valence-corrected chi connectivity index (χ2v) is 3.50. The van der Waals surface area contributed by atoms with Crippen molar-refractivity contribution in [1.82, 2.24) is 0 Å². The van der Waals surface area contributed by atoms with Gasteiger partial charge < -0.3 is 4.74 Å². The number of hydrogen-bond donors (Lipinski definition) is 0. The van der Waals surface area contributed by atoms with Crippen LogP contribution in [0.1, 0.15) is 12.5 Å². The van der Waals surface area contributed by atoms with Crippen molar-refractivity contribution in [2.45, 2.75) is 13.3 Å². The molecular formula is C10H11ClOS. The SMILES string of the molecule is CCOC(=S)Cc1ccc(Cl)cc1. The molecule has 0 unspecified atom stereocenters. The zero-order valence-electron chi connectivity index (χ0n) is 7.42. The summed E-state index contributed by atoms with van der Waals surface area (Å²) in [6.45, 7) is 2.56. The molecule has 0 saturated carbocycles. The molecule has 3 heteroatoms. The quantitative estimate of drug-likeness (QED) is 0.715. The summed E-state index contributed by atoms with van der Waals surface area (Å²) < 4.78 is 5.17. The lowest BCUT2D eigenvalue weighted by atomic mass is 10.2. The smallest absolute Gasteiger partial charge is 0.164 e. The van der Waals surface area contributed by atoms with Crippen LogP contribution in [0, 0.1) is 0 Å². The molecule has 0 N–H and O–H groups in total. The molecule has 1 aromatic rings. The van der Waals surface area contributed by atoms with Gasteiger partial charge in [0.2, 0.25) is 0 Å². The molecule has 1 rings (SSSR count). The third-order valence-electron chi connectivity index (χ3n) is 1.57. The van der Waals surface area contributed by atoms with Crippen LogP contribution in [0.2, 0.25) is 5.02 Å². The van der Waals surface area contributed by atoms with Crippen LogP contribution in [0.25, 0.3) is 0 Å². The van der Waals surface area contributed by atoms with E-state index in [-0.39, 0.29) is 0 Å². The predicted octanol–water partition coefficient (Wildman–Crippen LogP) is 3.25. The Morgan fingerprint density at radius 2 is 2.00 bits per heavy atom. The predicted molar refractivity (Wildman–Crippen MR) is 59.4 cm³/mol. The molecule has 0 atom stereocenters. The molecule has 0 aliphatic rings. The van der Waals surface area contributed by atoms with Crippen molar-refractivity contribution in [2.24, 2.45) is 0 Å². The van der Waals surface area contributed by atoms with Gasteiger partial charge in [-0.3, -0.25) is 0 Å². The lowest BCUT2D eigenvalue weighted by molar-refractivity contribution is 0.330. The van der Waals surface area contributed by atoms with E-state index >= 15 is 0 Å². The van der Waals surface area contributed by atoms with Crippen LogP contribution in [0.5, 0.6) is 0 Å². The van der Waals surface area contributed by atoms with Gasteiger partial charge in [0.1, 0.15) is 0 Å². The lowest BCUT2D eigenvalue weighted by Gasteiger charge is -2.04. The lowest BCUT2D eigenvalue weighted by Crippen LogP contribution is -2.04. The van der Waals surface area contributed by atoms with Gasteiger partial charge in [0.05, 0.1) is 6.61 Å². The molecule has 0 saturated heterocycles. The Morgan fingerprint density at radius 1 is 1.38 bits per heavy atom. The first-order valence-corrected chi connectivity index (χ1v) is 4.91. The van der Waals surface area contributed by atoms with E-state index in [9.17, 15) is 0 Å². The van der Waals surface area contributed by atoms with Gasteiger partial charge >= 0.3 is 0 Å². The minimum absolute atomic E-state index is 0.629. The summed E-state index contributed by atoms with van der Waals surface area (Å²) in [4.78, 5) is 0. The molecule has 0 fully saturated rings. The van der Waals surface area contributed by atoms with Gasteiger partial charge in [0.15, 0.2) is 5.05 Å². The van der Waals surface area contributed by atoms with E-state index in [2.05, 4.69) is 0 Å². The van der Waals surface area contributed by atoms with E-state index in [1.165, 1.54) is 0 Å². The molecule has 70 valence electrons. The second-order valence-electron chi connectivity index (χ2n) is 2.61. The Balaban J connectivity index is 2.54. The molecule has 1 aromatic carbocycles. The van der Waals surface area contributed by atoms with E-state index in [0.29, 0.717) is 18.1 Å². The molecule has 0 amide bonds. The molecule has 0 heterocycles. The van der Waals surface area contributed by atoms with Gasteiger partial charge in [-0.2, -0.15) is 0 Å². The minimum atomic E-state index is 0.629. The maximum absolute atomic E-state index is 5.75. The van der Waals surface area contributed by atoms with Gasteiger partial charge in [0, 0.05) is 11.4 Å². The van der Waals surface area contributed by atoms with E-state index in [1.807, 2.05) is 31.2 Å². The summed E-state index contributed by atoms with van der Waals surface area (Å²) in [7, 11) is 0. The van der Waals surface area contributed by atoms with Crippen molar-refractivity contribution in [3.8, 4) is 0 Å². The zero-order chi connectivity index (χ0) is 9.68. The van der Waals surface area contributed by atoms with Gasteiger partial charge in [-0.15, -0.1) is 0 Å². The molecule has 0 radical (unpaired) electrons. The van der Waals surface area contributed by atoms with Crippen molar-refractivity contribution < 1.29 is 4.74 Å². The molecule has 0 aromatic heterocycles. The monoisotopic (exact) mass is 214 g/mol. The Hall–Kier alpha value is -0.600. The number of rotatable bonds is 3. The fourth-order valence-corrected chi connectivity index (χ4v) is 1.39. The molecule has 13 heavy (non-hydrogen) atoms. The third kappa shape index (κ3) is 3.75. The summed E-state index contributed by atoms with van der Waals surface area (Å²) >= 11 is 10.8. The van der Waals surface area contributed by atoms with Gasteiger partial charge in [-0.1, -0.05) is 23.7 Å². The van der Waals surface area contributed by atoms with Gasteiger partial charge in [0.25, 0.3) is 0 Å². The highest BCUT2D eigenvalue weighted by Gasteiger charge is 1.98. The molecular weight excluding hydrogens is 204 g/mol. The minimum Gasteiger partial charge on any atom is -0.487 e. The van der Waals surface area contributed by atoms with E-state index < -0.39 is 0 Å². The average Bonchev–Trinajstić information content (AvgIpc) is 2.09. The van der Waals surface area contributed by atoms with Crippen molar-refractivity contribution in [3.63, 3.8) is 0 Å². The third-order valence-corrected chi connectivity index (χ3v) is 2.08. The van der Waals surface area contributed by atoms with Crippen LogP contribution in [-0.2, 0) is 11.2 Å². The van der Waals surface area contributed by atoms with Crippen LogP contribution in [0.15, 0.2) is 24.3 Å². The topological polar surface area (TPSA) is 9.23 Å². The summed E-state index contributed by atoms with van der Waals surface area (Å²) in [6, 6.07) is 7.61. The second kappa shape index (κ2) is 5.20. The molecule has 1 nitrogen and oxygen atoms in total. The Bertz CT molecular complexity index is 281. The van der Waals surface area contributed by atoms with Crippen LogP contribution >= 0.6 is 23.8 Å². The first-order chi connectivity index (χ1) is 6.22. The maximum atomic E-state index is 5.75. The van der Waals surface area contributed by atoms with Crippen LogP contribution in [0.3, 0.4) is 0 Å². The number of benzene rings is 1. The highest BCUT2D eigenvalue weighted by molar-refractivity contribution is 7.80. The zero-order valence-corrected chi connectivity index (χ0v) is 8.99. The van der Waals surface area contributed by atoms with Crippen molar-refractivity contribution >= 4 is 28.9 Å². The van der Waals surface area contributed by atoms with Crippen molar-refractivity contribution in [3.05, 3.63) is 34.9 Å². The first kappa shape index (κ1) is 10.5. The number of thiocarbonyl (C=S) groups is 1. The van der Waals surface area contributed by atoms with Crippen LogP contribution in [-0.4, -0.2) is 11.7 Å². The first-order valence-electron chi connectivity index (χ1n) is 4.12. The highest BCUT2D eigenvalue weighted by atomic mass is 35.5. The fourth-order valence-electron chi connectivity index (χ4n) is 0.981. The fraction of sp³-hybridized carbons (Fsp3) is 0.300. The van der Waals surface area contributed by atoms with Crippen LogP contribution < -0.4 is 0 Å². The summed E-state index contributed by atoms with van der Waals surface area (Å²) in [5, 5.41) is 1.37. The molecule has 0 aliphatic carbocycles. The van der Waals surface area contributed by atoms with Gasteiger partial charge in [-0.25, -0.2) is 0 Å². The molecule has 0 bridgehead atoms. The van der Waals surface area contributed by atoms with E-state index in [0.717, 1.165) is 10.6 Å². The normalized spacial score (nSPS) is 9.69. The van der Waals surface area contributed by atoms with E-state index in [4.69, 9.17) is 28.6 Å². The van der Waals surface area contributed by atoms with Crippen LogP contribution in [0.4, 0.5) is 0 Å². The summed E-state index contributed by atoms with van der Waals surface area (Å²) in [5.74, 6) is 0. The molecule has 0 aliphatic heterocycles. The Kier molecular flexibility index (Phi) is 4.19. The maximum Gasteiger partial charge on any atom is 0.164 e. The Morgan fingerprint density at radius 3 is 2.54 bits per heavy atom. The summed E-state index contributed by atoms with van der Waals surface area (Å²) in [5.41, 5.74) is 1.13. The highest BCUT2D eigenvalue weighted by Crippen LogP contribution is 2.10. The number of halogens is 1. The average molecular weight is 215 g/mol. The largest absolute Gasteiger partial charge is 0.487 e. The summed E-state index contributed by atoms with van der Waals surface area (Å²) in [6.07, 6.45) is 0.681.